The molecule has 76 valence electrons. The van der Waals surface area contributed by atoms with Crippen LogP contribution >= 0.6 is 0 Å². The van der Waals surface area contributed by atoms with Crippen molar-refractivity contribution in [1.82, 2.24) is 0 Å². The number of hydrogen-bond donors (Lipinski definition) is 0. The largest absolute Gasteiger partial charge is 0.466 e. The van der Waals surface area contributed by atoms with Gasteiger partial charge in [-0.1, -0.05) is 13.3 Å². The minimum Gasteiger partial charge on any atom is -0.466 e. The van der Waals surface area contributed by atoms with Gasteiger partial charge in [-0.3, -0.25) is 4.79 Å². The minimum absolute atomic E-state index is 0.0250. The van der Waals surface area contributed by atoms with Crippen molar-refractivity contribution in [3.63, 3.8) is 0 Å². The molecule has 0 aromatic rings. The van der Waals surface area contributed by atoms with Crippen molar-refractivity contribution in [3.05, 3.63) is 0 Å². The number of esters is 1. The summed E-state index contributed by atoms with van der Waals surface area (Å²) in [5.74, 6) is 1.07. The van der Waals surface area contributed by atoms with Gasteiger partial charge in [0.2, 0.25) is 0 Å². The Morgan fingerprint density at radius 2 is 1.85 bits per heavy atom. The molecule has 13 heavy (non-hydrogen) atoms. The maximum absolute atomic E-state index is 11.4. The summed E-state index contributed by atoms with van der Waals surface area (Å²) in [5.41, 5.74) is 0. The molecule has 0 heterocycles. The normalized spacial score (nSPS) is 28.5. The van der Waals surface area contributed by atoms with E-state index in [1.54, 1.807) is 0 Å². The maximum Gasteiger partial charge on any atom is 0.308 e. The lowest BCUT2D eigenvalue weighted by molar-refractivity contribution is -0.149. The zero-order valence-corrected chi connectivity index (χ0v) is 8.71. The summed E-state index contributed by atoms with van der Waals surface area (Å²) in [6.07, 6.45) is 5.75. The number of carbonyl (C=O) groups is 1. The van der Waals surface area contributed by atoms with Crippen LogP contribution in [0.3, 0.4) is 0 Å². The molecular formula is C11H20O2. The first kappa shape index (κ1) is 10.6. The maximum atomic E-state index is 11.4. The van der Waals surface area contributed by atoms with Gasteiger partial charge in [0.05, 0.1) is 12.5 Å². The van der Waals surface area contributed by atoms with Crippen LogP contribution in [0.5, 0.6) is 0 Å². The molecule has 2 heteroatoms. The Bertz CT molecular complexity index is 157. The second-order valence-electron chi connectivity index (χ2n) is 3.88. The van der Waals surface area contributed by atoms with Crippen molar-refractivity contribution >= 4 is 5.97 Å². The smallest absolute Gasteiger partial charge is 0.308 e. The SMILES string of the molecule is CCOC(=O)[C@H]1CC[C@H](CC)CC1. The zero-order valence-electron chi connectivity index (χ0n) is 8.71. The Morgan fingerprint density at radius 3 is 2.31 bits per heavy atom. The zero-order chi connectivity index (χ0) is 9.68. The van der Waals surface area contributed by atoms with E-state index in [4.69, 9.17) is 4.74 Å². The molecule has 0 atom stereocenters. The van der Waals surface area contributed by atoms with Crippen LogP contribution in [0.25, 0.3) is 0 Å². The summed E-state index contributed by atoms with van der Waals surface area (Å²) in [6.45, 7) is 4.62. The minimum atomic E-state index is 0.0250. The Balaban J connectivity index is 2.28. The summed E-state index contributed by atoms with van der Waals surface area (Å²) in [4.78, 5) is 11.4. The highest BCUT2D eigenvalue weighted by Gasteiger charge is 2.25. The number of carbonyl (C=O) groups excluding carboxylic acids is 1. The third-order valence-electron chi connectivity index (χ3n) is 3.04. The molecule has 1 rings (SSSR count). The van der Waals surface area contributed by atoms with Crippen molar-refractivity contribution in [2.24, 2.45) is 11.8 Å². The van der Waals surface area contributed by atoms with Gasteiger partial charge in [-0.15, -0.1) is 0 Å². The third-order valence-corrected chi connectivity index (χ3v) is 3.04. The first-order chi connectivity index (χ1) is 6.27. The van der Waals surface area contributed by atoms with Crippen molar-refractivity contribution in [2.75, 3.05) is 6.61 Å². The van der Waals surface area contributed by atoms with Crippen LogP contribution in [0.4, 0.5) is 0 Å². The van der Waals surface area contributed by atoms with E-state index in [0.717, 1.165) is 18.8 Å². The van der Waals surface area contributed by atoms with E-state index in [2.05, 4.69) is 6.92 Å². The molecular weight excluding hydrogens is 164 g/mol. The molecule has 1 aliphatic carbocycles. The van der Waals surface area contributed by atoms with Crippen LogP contribution in [-0.2, 0) is 9.53 Å². The second-order valence-corrected chi connectivity index (χ2v) is 3.88. The highest BCUT2D eigenvalue weighted by Crippen LogP contribution is 2.31. The molecule has 0 unspecified atom stereocenters. The molecule has 1 saturated carbocycles. The molecule has 0 aromatic carbocycles. The van der Waals surface area contributed by atoms with Crippen LogP contribution in [0.2, 0.25) is 0 Å². The monoisotopic (exact) mass is 184 g/mol. The molecule has 0 aromatic heterocycles. The molecule has 0 bridgehead atoms. The number of hydrogen-bond acceptors (Lipinski definition) is 2. The summed E-state index contributed by atoms with van der Waals surface area (Å²) in [5, 5.41) is 0. The topological polar surface area (TPSA) is 26.3 Å². The van der Waals surface area contributed by atoms with Crippen molar-refractivity contribution in [1.29, 1.82) is 0 Å². The highest BCUT2D eigenvalue weighted by atomic mass is 16.5. The molecule has 0 amide bonds. The molecule has 0 spiro atoms. The average molecular weight is 184 g/mol. The summed E-state index contributed by atoms with van der Waals surface area (Å²) in [6, 6.07) is 0. The van der Waals surface area contributed by atoms with Gasteiger partial charge in [0.1, 0.15) is 0 Å². The van der Waals surface area contributed by atoms with E-state index >= 15 is 0 Å². The van der Waals surface area contributed by atoms with Crippen LogP contribution in [0.15, 0.2) is 0 Å². The van der Waals surface area contributed by atoms with Gasteiger partial charge in [0, 0.05) is 0 Å². The standard InChI is InChI=1S/C11H20O2/c1-3-9-5-7-10(8-6-9)11(12)13-4-2/h9-10H,3-8H2,1-2H3/t9-,10-. The lowest BCUT2D eigenvalue weighted by Gasteiger charge is -2.26. The molecule has 1 fully saturated rings. The predicted octanol–water partition coefficient (Wildman–Crippen LogP) is 2.77. The van der Waals surface area contributed by atoms with Gasteiger partial charge >= 0.3 is 5.97 Å². The van der Waals surface area contributed by atoms with Gasteiger partial charge in [-0.05, 0) is 38.5 Å². The van der Waals surface area contributed by atoms with E-state index in [1.807, 2.05) is 6.92 Å². The first-order valence-corrected chi connectivity index (χ1v) is 5.44. The summed E-state index contributed by atoms with van der Waals surface area (Å²) < 4.78 is 5.01. The predicted molar refractivity (Wildman–Crippen MR) is 52.4 cm³/mol. The van der Waals surface area contributed by atoms with E-state index < -0.39 is 0 Å². The summed E-state index contributed by atoms with van der Waals surface area (Å²) >= 11 is 0. The van der Waals surface area contributed by atoms with Gasteiger partial charge in [0.15, 0.2) is 0 Å². The van der Waals surface area contributed by atoms with Crippen LogP contribution < -0.4 is 0 Å². The fraction of sp³-hybridized carbons (Fsp3) is 0.909. The first-order valence-electron chi connectivity index (χ1n) is 5.44. The van der Waals surface area contributed by atoms with Crippen LogP contribution in [0.1, 0.15) is 46.0 Å². The molecule has 2 nitrogen and oxygen atoms in total. The Labute approximate surface area is 80.7 Å². The van der Waals surface area contributed by atoms with Gasteiger partial charge in [-0.2, -0.15) is 0 Å². The number of rotatable bonds is 3. The van der Waals surface area contributed by atoms with Crippen molar-refractivity contribution < 1.29 is 9.53 Å². The lowest BCUT2D eigenvalue weighted by atomic mass is 9.81. The van der Waals surface area contributed by atoms with E-state index in [-0.39, 0.29) is 11.9 Å². The van der Waals surface area contributed by atoms with Crippen LogP contribution in [-0.4, -0.2) is 12.6 Å². The van der Waals surface area contributed by atoms with Crippen LogP contribution in [0, 0.1) is 11.8 Å². The van der Waals surface area contributed by atoms with Crippen molar-refractivity contribution in [2.45, 2.75) is 46.0 Å². The fourth-order valence-electron chi connectivity index (χ4n) is 2.07. The molecule has 0 aliphatic heterocycles. The molecule has 0 radical (unpaired) electrons. The Morgan fingerprint density at radius 1 is 1.23 bits per heavy atom. The fourth-order valence-corrected chi connectivity index (χ4v) is 2.07. The Kier molecular flexibility index (Phi) is 4.26. The second kappa shape index (κ2) is 5.25. The van der Waals surface area contributed by atoms with Gasteiger partial charge < -0.3 is 4.74 Å². The molecule has 0 N–H and O–H groups in total. The van der Waals surface area contributed by atoms with Gasteiger partial charge in [-0.25, -0.2) is 0 Å². The van der Waals surface area contributed by atoms with E-state index in [9.17, 15) is 4.79 Å². The van der Waals surface area contributed by atoms with E-state index in [0.29, 0.717) is 6.61 Å². The lowest BCUT2D eigenvalue weighted by Crippen LogP contribution is -2.23. The highest BCUT2D eigenvalue weighted by molar-refractivity contribution is 5.72. The third kappa shape index (κ3) is 3.02. The Hall–Kier alpha value is -0.530. The summed E-state index contributed by atoms with van der Waals surface area (Å²) in [7, 11) is 0. The number of ether oxygens (including phenoxy) is 1. The molecule has 0 saturated heterocycles. The molecule has 1 aliphatic rings. The quantitative estimate of drug-likeness (QED) is 0.630. The average Bonchev–Trinajstić information content (AvgIpc) is 2.18. The van der Waals surface area contributed by atoms with E-state index in [1.165, 1.54) is 19.3 Å². The van der Waals surface area contributed by atoms with Gasteiger partial charge in [0.25, 0.3) is 0 Å². The van der Waals surface area contributed by atoms with Crippen molar-refractivity contribution in [3.8, 4) is 0 Å².